The van der Waals surface area contributed by atoms with Gasteiger partial charge in [0.25, 0.3) is 0 Å². The Morgan fingerprint density at radius 1 is 0.938 bits per heavy atom. The lowest BCUT2D eigenvalue weighted by Gasteiger charge is -2.33. The maximum absolute atomic E-state index is 9.26. The average molecular weight is 231 g/mol. The predicted octanol–water partition coefficient (Wildman–Crippen LogP) is 1.81. The van der Waals surface area contributed by atoms with Crippen LogP contribution in [-0.2, 0) is 4.79 Å². The molecule has 0 N–H and O–H groups in total. The molecule has 3 nitrogen and oxygen atoms in total. The highest BCUT2D eigenvalue weighted by atomic mass is 16.4. The number of nitrogens with zero attached hydrogens (tertiary/aromatic N) is 1. The van der Waals surface area contributed by atoms with Gasteiger partial charge in [0.2, 0.25) is 0 Å². The summed E-state index contributed by atoms with van der Waals surface area (Å²) in [7, 11) is 2.39. The van der Waals surface area contributed by atoms with E-state index >= 15 is 0 Å². The Morgan fingerprint density at radius 2 is 1.19 bits per heavy atom. The molecular weight excluding hydrogens is 202 g/mol. The summed E-state index contributed by atoms with van der Waals surface area (Å²) in [6, 6.07) is 0. The second-order valence-electron chi connectivity index (χ2n) is 4.52. The summed E-state index contributed by atoms with van der Waals surface area (Å²) in [6.45, 7) is 12.4. The monoisotopic (exact) mass is 231 g/mol. The lowest BCUT2D eigenvalue weighted by molar-refractivity contribution is -0.909. The van der Waals surface area contributed by atoms with Gasteiger partial charge in [-0.05, 0) is 25.7 Å². The molecule has 0 fully saturated rings. The van der Waals surface area contributed by atoms with Crippen LogP contribution in [0.1, 0.15) is 53.4 Å². The molecule has 0 saturated heterocycles. The molecule has 98 valence electrons. The third-order valence-electron chi connectivity index (χ3n) is 2.58. The van der Waals surface area contributed by atoms with Crippen molar-refractivity contribution < 1.29 is 14.4 Å². The molecule has 0 aliphatic rings. The Bertz CT molecular complexity index is 152. The van der Waals surface area contributed by atoms with Crippen molar-refractivity contribution in [2.24, 2.45) is 0 Å². The van der Waals surface area contributed by atoms with Crippen molar-refractivity contribution in [1.29, 1.82) is 0 Å². The van der Waals surface area contributed by atoms with Gasteiger partial charge in [-0.1, -0.05) is 27.7 Å². The summed E-state index contributed by atoms with van der Waals surface area (Å²) in [5, 5.41) is 9.26. The second kappa shape index (κ2) is 10.9. The molecule has 0 aliphatic carbocycles. The van der Waals surface area contributed by atoms with Crippen LogP contribution in [0.2, 0.25) is 0 Å². The summed E-state index contributed by atoms with van der Waals surface area (Å²) in [5.74, 6) is -0.995. The van der Waals surface area contributed by atoms with Gasteiger partial charge < -0.3 is 14.4 Å². The van der Waals surface area contributed by atoms with E-state index in [4.69, 9.17) is 0 Å². The number of carboxylic acid groups (broad SMARTS) is 1. The molecule has 0 atom stereocenters. The standard InChI is InChI=1S/C10H24N.C3H6O2/c1-5-8-11(4,9-6-2)10-7-3;1-2-3(4)5/h5-10H2,1-4H3;2H2,1H3,(H,4,5)/q+1;/p-1. The molecule has 0 radical (unpaired) electrons. The molecule has 0 spiro atoms. The Labute approximate surface area is 101 Å². The smallest absolute Gasteiger partial charge is 0.0781 e. The van der Waals surface area contributed by atoms with Crippen LogP contribution in [0.4, 0.5) is 0 Å². The lowest BCUT2D eigenvalue weighted by atomic mass is 10.2. The van der Waals surface area contributed by atoms with Crippen molar-refractivity contribution in [1.82, 2.24) is 0 Å². The summed E-state index contributed by atoms with van der Waals surface area (Å²) < 4.78 is 1.28. The summed E-state index contributed by atoms with van der Waals surface area (Å²) in [4.78, 5) is 9.26. The number of hydrogen-bond acceptors (Lipinski definition) is 2. The molecule has 16 heavy (non-hydrogen) atoms. The van der Waals surface area contributed by atoms with Crippen LogP contribution < -0.4 is 5.11 Å². The fourth-order valence-corrected chi connectivity index (χ4v) is 1.95. The van der Waals surface area contributed by atoms with Crippen molar-refractivity contribution in [3.05, 3.63) is 0 Å². The van der Waals surface area contributed by atoms with E-state index in [2.05, 4.69) is 27.8 Å². The maximum atomic E-state index is 9.26. The molecule has 0 saturated carbocycles. The number of quaternary nitrogens is 1. The largest absolute Gasteiger partial charge is 0.550 e. The van der Waals surface area contributed by atoms with Crippen molar-refractivity contribution >= 4 is 5.97 Å². The molecule has 0 rings (SSSR count). The molecule has 0 aromatic carbocycles. The highest BCUT2D eigenvalue weighted by Crippen LogP contribution is 2.06. The first kappa shape index (κ1) is 17.8. The maximum Gasteiger partial charge on any atom is 0.0781 e. The SMILES string of the molecule is CCC(=O)[O-].CCC[N+](C)(CCC)CCC. The topological polar surface area (TPSA) is 40.1 Å². The lowest BCUT2D eigenvalue weighted by Crippen LogP contribution is -2.45. The van der Waals surface area contributed by atoms with Crippen LogP contribution >= 0.6 is 0 Å². The normalized spacial score (nSPS) is 10.6. The first-order valence-corrected chi connectivity index (χ1v) is 6.49. The molecule has 0 aliphatic heterocycles. The van der Waals surface area contributed by atoms with Crippen LogP contribution in [0.5, 0.6) is 0 Å². The second-order valence-corrected chi connectivity index (χ2v) is 4.52. The highest BCUT2D eigenvalue weighted by molar-refractivity contribution is 5.63. The van der Waals surface area contributed by atoms with Gasteiger partial charge in [-0.2, -0.15) is 0 Å². The third kappa shape index (κ3) is 11.5. The van der Waals surface area contributed by atoms with Gasteiger partial charge in [-0.15, -0.1) is 0 Å². The minimum atomic E-state index is -0.995. The van der Waals surface area contributed by atoms with Gasteiger partial charge in [-0.3, -0.25) is 0 Å². The molecule has 0 bridgehead atoms. The Hall–Kier alpha value is -0.570. The minimum Gasteiger partial charge on any atom is -0.550 e. The highest BCUT2D eigenvalue weighted by Gasteiger charge is 2.16. The predicted molar refractivity (Wildman–Crippen MR) is 67.0 cm³/mol. The van der Waals surface area contributed by atoms with Gasteiger partial charge in [0.1, 0.15) is 0 Å². The summed E-state index contributed by atoms with van der Waals surface area (Å²) in [5.41, 5.74) is 0. The van der Waals surface area contributed by atoms with Crippen molar-refractivity contribution in [3.63, 3.8) is 0 Å². The van der Waals surface area contributed by atoms with Gasteiger partial charge in [0.15, 0.2) is 0 Å². The number of rotatable bonds is 7. The number of hydrogen-bond donors (Lipinski definition) is 0. The zero-order valence-electron chi connectivity index (χ0n) is 11.7. The van der Waals surface area contributed by atoms with Crippen molar-refractivity contribution in [2.75, 3.05) is 26.7 Å². The Kier molecular flexibility index (Phi) is 12.2. The Morgan fingerprint density at radius 3 is 1.31 bits per heavy atom. The molecule has 0 amide bonds. The molecule has 3 heteroatoms. The van der Waals surface area contributed by atoms with E-state index in [1.165, 1.54) is 50.3 Å². The van der Waals surface area contributed by atoms with E-state index in [0.717, 1.165) is 0 Å². The minimum absolute atomic E-state index is 0.111. The zero-order valence-corrected chi connectivity index (χ0v) is 11.7. The quantitative estimate of drug-likeness (QED) is 0.627. The number of carbonyl (C=O) groups is 1. The molecule has 0 aromatic rings. The van der Waals surface area contributed by atoms with Crippen LogP contribution in [0.25, 0.3) is 0 Å². The summed E-state index contributed by atoms with van der Waals surface area (Å²) in [6.07, 6.45) is 4.06. The van der Waals surface area contributed by atoms with Crippen molar-refractivity contribution in [2.45, 2.75) is 53.4 Å². The van der Waals surface area contributed by atoms with Crippen LogP contribution in [0, 0.1) is 0 Å². The van der Waals surface area contributed by atoms with Gasteiger partial charge >= 0.3 is 0 Å². The van der Waals surface area contributed by atoms with E-state index in [9.17, 15) is 9.90 Å². The molecule has 0 aromatic heterocycles. The molecule has 0 unspecified atom stereocenters. The fraction of sp³-hybridized carbons (Fsp3) is 0.923. The third-order valence-corrected chi connectivity index (χ3v) is 2.58. The average Bonchev–Trinajstić information content (AvgIpc) is 2.19. The van der Waals surface area contributed by atoms with Crippen molar-refractivity contribution in [3.8, 4) is 0 Å². The zero-order chi connectivity index (χ0) is 13.0. The van der Waals surface area contributed by atoms with Gasteiger partial charge in [0.05, 0.1) is 26.7 Å². The van der Waals surface area contributed by atoms with E-state index in [1.807, 2.05) is 0 Å². The number of carbonyl (C=O) groups excluding carboxylic acids is 1. The first-order valence-electron chi connectivity index (χ1n) is 6.49. The molecule has 0 heterocycles. The van der Waals surface area contributed by atoms with Crippen LogP contribution in [0.3, 0.4) is 0 Å². The van der Waals surface area contributed by atoms with Crippen LogP contribution in [0.15, 0.2) is 0 Å². The van der Waals surface area contributed by atoms with Gasteiger partial charge in [-0.25, -0.2) is 0 Å². The number of aliphatic carboxylic acids is 1. The van der Waals surface area contributed by atoms with E-state index in [0.29, 0.717) is 0 Å². The molecular formula is C13H29NO2. The van der Waals surface area contributed by atoms with E-state index in [1.54, 1.807) is 0 Å². The fourth-order valence-electron chi connectivity index (χ4n) is 1.95. The van der Waals surface area contributed by atoms with E-state index < -0.39 is 5.97 Å². The van der Waals surface area contributed by atoms with Gasteiger partial charge in [0, 0.05) is 5.97 Å². The first-order chi connectivity index (χ1) is 7.45. The Balaban J connectivity index is 0. The number of carboxylic acids is 1. The van der Waals surface area contributed by atoms with E-state index in [-0.39, 0.29) is 6.42 Å². The summed E-state index contributed by atoms with van der Waals surface area (Å²) >= 11 is 0. The van der Waals surface area contributed by atoms with Crippen LogP contribution in [-0.4, -0.2) is 37.1 Å².